The predicted molar refractivity (Wildman–Crippen MR) is 72.6 cm³/mol. The lowest BCUT2D eigenvalue weighted by Gasteiger charge is -2.13. The highest BCUT2D eigenvalue weighted by atomic mass is 19.4. The molecule has 0 bridgehead atoms. The fraction of sp³-hybridized carbons (Fsp3) is 0.267. The van der Waals surface area contributed by atoms with Crippen molar-refractivity contribution in [1.29, 1.82) is 15.8 Å². The molecule has 0 spiro atoms. The summed E-state index contributed by atoms with van der Waals surface area (Å²) in [6.07, 6.45) is -3.15. The Hall–Kier alpha value is -3.18. The molecule has 0 aromatic heterocycles. The summed E-state index contributed by atoms with van der Waals surface area (Å²) in [6.45, 7) is 0. The smallest absolute Gasteiger partial charge is 0.416 e. The fourth-order valence-corrected chi connectivity index (χ4v) is 1.71. The number of nitrogens with zero attached hydrogens (tertiary/aromatic N) is 3. The number of allylic oxidation sites excluding steroid dienone is 2. The van der Waals surface area contributed by atoms with Crippen molar-refractivity contribution in [2.75, 3.05) is 5.32 Å². The zero-order chi connectivity index (χ0) is 17.0. The van der Waals surface area contributed by atoms with Gasteiger partial charge in [-0.25, -0.2) is 0 Å². The van der Waals surface area contributed by atoms with Crippen LogP contribution in [0.2, 0.25) is 0 Å². The lowest BCUT2D eigenvalue weighted by atomic mass is 10.1. The molecule has 5 nitrogen and oxygen atoms in total. The monoisotopic (exact) mass is 318 g/mol. The Morgan fingerprint density at radius 1 is 1.09 bits per heavy atom. The van der Waals surface area contributed by atoms with E-state index in [1.807, 2.05) is 0 Å². The molecule has 1 aromatic rings. The Kier molecular flexibility index (Phi) is 4.43. The molecule has 0 saturated heterocycles. The van der Waals surface area contributed by atoms with Gasteiger partial charge in [0.2, 0.25) is 0 Å². The zero-order valence-corrected chi connectivity index (χ0v) is 11.6. The van der Waals surface area contributed by atoms with Gasteiger partial charge >= 0.3 is 6.18 Å². The van der Waals surface area contributed by atoms with Crippen molar-refractivity contribution in [1.82, 2.24) is 0 Å². The number of ether oxygens (including phenoxy) is 1. The van der Waals surface area contributed by atoms with Crippen LogP contribution >= 0.6 is 0 Å². The van der Waals surface area contributed by atoms with Crippen molar-refractivity contribution in [3.8, 4) is 24.0 Å². The number of anilines is 1. The summed E-state index contributed by atoms with van der Waals surface area (Å²) in [5.74, 6) is 0.0116. The predicted octanol–water partition coefficient (Wildman–Crippen LogP) is 3.48. The first kappa shape index (κ1) is 16.2. The SMILES string of the molecule is N#CC(C#N)=C(C#N)Nc1cc(OC2CC2)cc(C(F)(F)F)c1. The van der Waals surface area contributed by atoms with Crippen LogP contribution in [0.5, 0.6) is 5.75 Å². The number of rotatable bonds is 4. The zero-order valence-electron chi connectivity index (χ0n) is 11.6. The molecular formula is C15H9F3N4O. The lowest BCUT2D eigenvalue weighted by molar-refractivity contribution is -0.137. The maximum Gasteiger partial charge on any atom is 0.416 e. The van der Waals surface area contributed by atoms with Gasteiger partial charge in [-0.2, -0.15) is 29.0 Å². The summed E-state index contributed by atoms with van der Waals surface area (Å²) in [6, 6.07) is 7.53. The van der Waals surface area contributed by atoms with Gasteiger partial charge in [0.1, 0.15) is 29.7 Å². The van der Waals surface area contributed by atoms with E-state index in [0.717, 1.165) is 25.0 Å². The van der Waals surface area contributed by atoms with Crippen molar-refractivity contribution in [3.63, 3.8) is 0 Å². The second-order valence-electron chi connectivity index (χ2n) is 4.77. The van der Waals surface area contributed by atoms with E-state index in [1.54, 1.807) is 6.07 Å². The molecule has 0 amide bonds. The summed E-state index contributed by atoms with van der Waals surface area (Å²) >= 11 is 0. The normalized spacial score (nSPS) is 13.2. The number of hydrogen-bond acceptors (Lipinski definition) is 5. The minimum Gasteiger partial charge on any atom is -0.490 e. The quantitative estimate of drug-likeness (QED) is 0.858. The maximum atomic E-state index is 12.9. The summed E-state index contributed by atoms with van der Waals surface area (Å²) in [7, 11) is 0. The average molecular weight is 318 g/mol. The molecule has 0 unspecified atom stereocenters. The van der Waals surface area contributed by atoms with Crippen LogP contribution in [0.1, 0.15) is 18.4 Å². The number of halogens is 3. The van der Waals surface area contributed by atoms with Gasteiger partial charge in [-0.3, -0.25) is 0 Å². The van der Waals surface area contributed by atoms with Gasteiger partial charge in [-0.15, -0.1) is 0 Å². The molecule has 2 rings (SSSR count). The maximum absolute atomic E-state index is 12.9. The van der Waals surface area contributed by atoms with E-state index in [2.05, 4.69) is 5.32 Å². The molecule has 1 fully saturated rings. The van der Waals surface area contributed by atoms with Crippen molar-refractivity contribution >= 4 is 5.69 Å². The molecule has 23 heavy (non-hydrogen) atoms. The minimum atomic E-state index is -4.59. The number of hydrogen-bond donors (Lipinski definition) is 1. The van der Waals surface area contributed by atoms with E-state index < -0.39 is 23.0 Å². The molecule has 1 N–H and O–H groups in total. The Labute approximate surface area is 129 Å². The Morgan fingerprint density at radius 3 is 2.22 bits per heavy atom. The summed E-state index contributed by atoms with van der Waals surface area (Å²) in [5.41, 5.74) is -1.98. The van der Waals surface area contributed by atoms with Crippen LogP contribution in [0.25, 0.3) is 0 Å². The van der Waals surface area contributed by atoms with E-state index in [9.17, 15) is 13.2 Å². The Morgan fingerprint density at radius 2 is 1.74 bits per heavy atom. The molecule has 0 radical (unpaired) electrons. The highest BCUT2D eigenvalue weighted by molar-refractivity contribution is 5.61. The second-order valence-corrected chi connectivity index (χ2v) is 4.77. The van der Waals surface area contributed by atoms with E-state index in [1.165, 1.54) is 18.2 Å². The third-order valence-electron chi connectivity index (χ3n) is 2.92. The number of benzene rings is 1. The molecule has 1 saturated carbocycles. The fourth-order valence-electron chi connectivity index (χ4n) is 1.71. The summed E-state index contributed by atoms with van der Waals surface area (Å²) < 4.78 is 44.2. The third-order valence-corrected chi connectivity index (χ3v) is 2.92. The molecule has 1 aliphatic rings. The van der Waals surface area contributed by atoms with Crippen LogP contribution in [-0.4, -0.2) is 6.10 Å². The minimum absolute atomic E-state index is 0.0116. The summed E-state index contributed by atoms with van der Waals surface area (Å²) in [5, 5.41) is 28.8. The molecule has 1 aromatic carbocycles. The molecule has 0 atom stereocenters. The van der Waals surface area contributed by atoms with E-state index >= 15 is 0 Å². The van der Waals surface area contributed by atoms with E-state index in [-0.39, 0.29) is 17.5 Å². The van der Waals surface area contributed by atoms with Crippen molar-refractivity contribution in [3.05, 3.63) is 35.0 Å². The lowest BCUT2D eigenvalue weighted by Crippen LogP contribution is -2.08. The third kappa shape index (κ3) is 4.15. The van der Waals surface area contributed by atoms with E-state index in [0.29, 0.717) is 0 Å². The van der Waals surface area contributed by atoms with Gasteiger partial charge in [0.25, 0.3) is 0 Å². The van der Waals surface area contributed by atoms with Gasteiger partial charge in [0.05, 0.1) is 11.7 Å². The molecule has 116 valence electrons. The van der Waals surface area contributed by atoms with Crippen LogP contribution in [0, 0.1) is 34.0 Å². The number of nitrogens with one attached hydrogen (secondary N) is 1. The summed E-state index contributed by atoms with van der Waals surface area (Å²) in [4.78, 5) is 0. The average Bonchev–Trinajstić information content (AvgIpc) is 3.30. The first-order valence-electron chi connectivity index (χ1n) is 6.48. The highest BCUT2D eigenvalue weighted by Crippen LogP contribution is 2.36. The number of nitriles is 3. The molecule has 0 heterocycles. The van der Waals surface area contributed by atoms with Crippen molar-refractivity contribution < 1.29 is 17.9 Å². The Balaban J connectivity index is 2.41. The van der Waals surface area contributed by atoms with Crippen molar-refractivity contribution in [2.45, 2.75) is 25.1 Å². The first-order chi connectivity index (χ1) is 10.9. The van der Waals surface area contributed by atoms with Gasteiger partial charge in [0, 0.05) is 11.8 Å². The highest BCUT2D eigenvalue weighted by Gasteiger charge is 2.32. The van der Waals surface area contributed by atoms with Gasteiger partial charge < -0.3 is 10.1 Å². The second kappa shape index (κ2) is 6.29. The van der Waals surface area contributed by atoms with E-state index in [4.69, 9.17) is 20.5 Å². The van der Waals surface area contributed by atoms with Crippen LogP contribution in [0.3, 0.4) is 0 Å². The van der Waals surface area contributed by atoms with Crippen LogP contribution in [0.15, 0.2) is 29.5 Å². The van der Waals surface area contributed by atoms with Crippen LogP contribution in [-0.2, 0) is 6.18 Å². The van der Waals surface area contributed by atoms with Gasteiger partial charge in [-0.05, 0) is 25.0 Å². The molecule has 1 aliphatic carbocycles. The standard InChI is InChI=1S/C15H9F3N4O/c16-15(17,18)10-3-11(5-13(4-10)23-12-1-2-12)22-14(8-21)9(6-19)7-20/h3-5,12,22H,1-2H2. The Bertz CT molecular complexity index is 758. The van der Waals surface area contributed by atoms with Crippen LogP contribution in [0.4, 0.5) is 18.9 Å². The first-order valence-corrected chi connectivity index (χ1v) is 6.48. The molecular weight excluding hydrogens is 309 g/mol. The van der Waals surface area contributed by atoms with Crippen molar-refractivity contribution in [2.24, 2.45) is 0 Å². The molecule has 8 heteroatoms. The van der Waals surface area contributed by atoms with Crippen LogP contribution < -0.4 is 10.1 Å². The van der Waals surface area contributed by atoms with Gasteiger partial charge in [0.15, 0.2) is 5.57 Å². The largest absolute Gasteiger partial charge is 0.490 e. The topological polar surface area (TPSA) is 92.6 Å². The molecule has 0 aliphatic heterocycles. The van der Waals surface area contributed by atoms with Gasteiger partial charge in [-0.1, -0.05) is 0 Å². The number of alkyl halides is 3.